The van der Waals surface area contributed by atoms with Gasteiger partial charge in [0.15, 0.2) is 0 Å². The summed E-state index contributed by atoms with van der Waals surface area (Å²) in [6.07, 6.45) is 0. The van der Waals surface area contributed by atoms with Crippen LogP contribution >= 0.6 is 11.8 Å². The summed E-state index contributed by atoms with van der Waals surface area (Å²) in [5, 5.41) is 0. The van der Waals surface area contributed by atoms with E-state index in [2.05, 4.69) is 0 Å². The van der Waals surface area contributed by atoms with Crippen LogP contribution in [0.5, 0.6) is 0 Å². The summed E-state index contributed by atoms with van der Waals surface area (Å²) in [7, 11) is 0. The lowest BCUT2D eigenvalue weighted by Gasteiger charge is -2.06. The molecule has 0 spiro atoms. The molecule has 2 aromatic carbocycles. The summed E-state index contributed by atoms with van der Waals surface area (Å²) in [4.78, 5) is 0.711. The summed E-state index contributed by atoms with van der Waals surface area (Å²) >= 11 is 1.39. The summed E-state index contributed by atoms with van der Waals surface area (Å²) in [6.45, 7) is 0.545. The molecule has 0 saturated heterocycles. The van der Waals surface area contributed by atoms with Gasteiger partial charge in [0.05, 0.1) is 12.5 Å². The Balaban J connectivity index is 1.80. The average molecular weight is 263 g/mol. The van der Waals surface area contributed by atoms with Gasteiger partial charge in [-0.2, -0.15) is 0 Å². The van der Waals surface area contributed by atoms with Gasteiger partial charge in [-0.15, -0.1) is 0 Å². The number of benzene rings is 2. The van der Waals surface area contributed by atoms with Gasteiger partial charge in [0.1, 0.15) is 5.82 Å². The highest BCUT2D eigenvalue weighted by Gasteiger charge is 2.02. The fourth-order valence-electron chi connectivity index (χ4n) is 1.47. The van der Waals surface area contributed by atoms with E-state index in [-0.39, 0.29) is 5.82 Å². The van der Waals surface area contributed by atoms with Crippen LogP contribution in [0.15, 0.2) is 53.4 Å². The van der Waals surface area contributed by atoms with Crippen LogP contribution in [0.25, 0.3) is 0 Å². The lowest BCUT2D eigenvalue weighted by molar-refractivity contribution is 0.169. The number of rotatable bonds is 5. The van der Waals surface area contributed by atoms with Crippen LogP contribution in [0.3, 0.4) is 0 Å². The summed E-state index contributed by atoms with van der Waals surface area (Å²) in [5.41, 5.74) is 7.43. The van der Waals surface area contributed by atoms with Gasteiger partial charge in [0, 0.05) is 10.6 Å². The van der Waals surface area contributed by atoms with Crippen molar-refractivity contribution in [1.82, 2.24) is 0 Å². The zero-order chi connectivity index (χ0) is 12.8. The van der Waals surface area contributed by atoms with E-state index < -0.39 is 0 Å². The number of halogens is 1. The van der Waals surface area contributed by atoms with Gasteiger partial charge in [0.25, 0.3) is 0 Å². The molecular formula is C14H14FNOS. The molecular weight excluding hydrogens is 249 g/mol. The number of nitrogens with two attached hydrogens (primary N) is 1. The molecule has 0 heterocycles. The Morgan fingerprint density at radius 3 is 2.67 bits per heavy atom. The normalized spacial score (nSPS) is 10.5. The van der Waals surface area contributed by atoms with Crippen molar-refractivity contribution in [3.8, 4) is 0 Å². The first-order valence-electron chi connectivity index (χ1n) is 5.55. The third kappa shape index (κ3) is 3.75. The van der Waals surface area contributed by atoms with Crippen LogP contribution in [0.1, 0.15) is 5.56 Å². The minimum absolute atomic E-state index is 0.283. The van der Waals surface area contributed by atoms with E-state index in [1.54, 1.807) is 6.07 Å². The lowest BCUT2D eigenvalue weighted by Crippen LogP contribution is -1.94. The minimum Gasteiger partial charge on any atom is -0.398 e. The van der Waals surface area contributed by atoms with Crippen LogP contribution in [0, 0.1) is 5.82 Å². The predicted octanol–water partition coefficient (Wildman–Crippen LogP) is 3.67. The zero-order valence-electron chi connectivity index (χ0n) is 9.80. The average Bonchev–Trinajstić information content (AvgIpc) is 2.40. The van der Waals surface area contributed by atoms with E-state index in [1.165, 1.54) is 23.9 Å². The molecule has 94 valence electrons. The Bertz CT molecular complexity index is 504. The van der Waals surface area contributed by atoms with Crippen molar-refractivity contribution < 1.29 is 9.13 Å². The molecule has 0 unspecified atom stereocenters. The molecule has 0 radical (unpaired) electrons. The molecule has 0 aliphatic rings. The maximum absolute atomic E-state index is 13.0. The highest BCUT2D eigenvalue weighted by molar-refractivity contribution is 7.99. The standard InChI is InChI=1S/C14H14FNOS/c15-12-6-7-13(16)14(8-12)18-10-17-9-11-4-2-1-3-5-11/h1-8H,9-10,16H2. The lowest BCUT2D eigenvalue weighted by atomic mass is 10.2. The van der Waals surface area contributed by atoms with Crippen LogP contribution in [0.2, 0.25) is 0 Å². The molecule has 2 aromatic rings. The van der Waals surface area contributed by atoms with Crippen LogP contribution in [-0.2, 0) is 11.3 Å². The van der Waals surface area contributed by atoms with Crippen molar-refractivity contribution in [2.75, 3.05) is 11.7 Å². The molecule has 0 aromatic heterocycles. The van der Waals surface area contributed by atoms with Crippen molar-refractivity contribution in [3.63, 3.8) is 0 Å². The first-order valence-corrected chi connectivity index (χ1v) is 6.54. The molecule has 0 amide bonds. The van der Waals surface area contributed by atoms with E-state index in [4.69, 9.17) is 10.5 Å². The number of hydrogen-bond donors (Lipinski definition) is 1. The Kier molecular flexibility index (Phi) is 4.61. The highest BCUT2D eigenvalue weighted by Crippen LogP contribution is 2.25. The van der Waals surface area contributed by atoms with Gasteiger partial charge < -0.3 is 10.5 Å². The molecule has 4 heteroatoms. The first-order chi connectivity index (χ1) is 8.75. The first kappa shape index (κ1) is 12.9. The van der Waals surface area contributed by atoms with E-state index >= 15 is 0 Å². The quantitative estimate of drug-likeness (QED) is 0.387. The van der Waals surface area contributed by atoms with E-state index in [0.717, 1.165) is 5.56 Å². The molecule has 0 aliphatic carbocycles. The number of nitrogen functional groups attached to an aromatic ring is 1. The SMILES string of the molecule is Nc1ccc(F)cc1SCOCc1ccccc1. The molecule has 0 fully saturated rings. The largest absolute Gasteiger partial charge is 0.398 e. The predicted molar refractivity (Wildman–Crippen MR) is 72.8 cm³/mol. The fraction of sp³-hybridized carbons (Fsp3) is 0.143. The topological polar surface area (TPSA) is 35.2 Å². The third-order valence-electron chi connectivity index (χ3n) is 2.38. The Labute approximate surface area is 110 Å². The fourth-order valence-corrected chi connectivity index (χ4v) is 2.20. The highest BCUT2D eigenvalue weighted by atomic mass is 32.2. The molecule has 0 saturated carbocycles. The molecule has 2 nitrogen and oxygen atoms in total. The van der Waals surface area contributed by atoms with Gasteiger partial charge in [0.2, 0.25) is 0 Å². The zero-order valence-corrected chi connectivity index (χ0v) is 10.6. The Morgan fingerprint density at radius 1 is 1.11 bits per heavy atom. The van der Waals surface area contributed by atoms with Crippen molar-refractivity contribution in [2.24, 2.45) is 0 Å². The summed E-state index contributed by atoms with van der Waals surface area (Å²) in [5.74, 6) is 0.164. The number of anilines is 1. The van der Waals surface area contributed by atoms with Crippen LogP contribution < -0.4 is 5.73 Å². The minimum atomic E-state index is -0.283. The second-order valence-electron chi connectivity index (χ2n) is 3.78. The molecule has 0 bridgehead atoms. The van der Waals surface area contributed by atoms with Gasteiger partial charge in [-0.25, -0.2) is 4.39 Å². The third-order valence-corrected chi connectivity index (χ3v) is 3.33. The Morgan fingerprint density at radius 2 is 1.89 bits per heavy atom. The second-order valence-corrected chi connectivity index (χ2v) is 4.74. The van der Waals surface area contributed by atoms with Gasteiger partial charge in [-0.05, 0) is 23.8 Å². The van der Waals surface area contributed by atoms with E-state index in [0.29, 0.717) is 23.1 Å². The maximum Gasteiger partial charge on any atom is 0.124 e. The van der Waals surface area contributed by atoms with Crippen LogP contribution in [0.4, 0.5) is 10.1 Å². The number of hydrogen-bond acceptors (Lipinski definition) is 3. The molecule has 18 heavy (non-hydrogen) atoms. The van der Waals surface area contributed by atoms with Gasteiger partial charge in [-0.1, -0.05) is 42.1 Å². The molecule has 0 aliphatic heterocycles. The van der Waals surface area contributed by atoms with Gasteiger partial charge >= 0.3 is 0 Å². The summed E-state index contributed by atoms with van der Waals surface area (Å²) < 4.78 is 18.5. The smallest absolute Gasteiger partial charge is 0.124 e. The van der Waals surface area contributed by atoms with Crippen molar-refractivity contribution in [1.29, 1.82) is 0 Å². The monoisotopic (exact) mass is 263 g/mol. The maximum atomic E-state index is 13.0. The second kappa shape index (κ2) is 6.42. The van der Waals surface area contributed by atoms with Crippen LogP contribution in [-0.4, -0.2) is 5.94 Å². The molecule has 2 N–H and O–H groups in total. The van der Waals surface area contributed by atoms with Crippen molar-refractivity contribution in [2.45, 2.75) is 11.5 Å². The number of ether oxygens (including phenoxy) is 1. The van der Waals surface area contributed by atoms with Gasteiger partial charge in [-0.3, -0.25) is 0 Å². The van der Waals surface area contributed by atoms with E-state index in [1.807, 2.05) is 30.3 Å². The molecule has 0 atom stereocenters. The molecule has 2 rings (SSSR count). The van der Waals surface area contributed by atoms with Crippen molar-refractivity contribution >= 4 is 17.4 Å². The Hall–Kier alpha value is -1.52. The summed E-state index contributed by atoms with van der Waals surface area (Å²) in [6, 6.07) is 14.2. The number of thioether (sulfide) groups is 1. The van der Waals surface area contributed by atoms with Crippen molar-refractivity contribution in [3.05, 3.63) is 59.9 Å². The van der Waals surface area contributed by atoms with E-state index in [9.17, 15) is 4.39 Å².